The number of hydrogen-bond donors (Lipinski definition) is 0. The Morgan fingerprint density at radius 2 is 1.52 bits per heavy atom. The molecule has 0 aliphatic rings. The molecule has 0 amide bonds. The summed E-state index contributed by atoms with van der Waals surface area (Å²) >= 11 is 6.14. The second-order valence-corrected chi connectivity index (χ2v) is 5.62. The molecule has 1 aromatic heterocycles. The van der Waals surface area contributed by atoms with Crippen LogP contribution >= 0.6 is 11.6 Å². The van der Waals surface area contributed by atoms with Crippen molar-refractivity contribution in [1.82, 2.24) is 10.2 Å². The van der Waals surface area contributed by atoms with E-state index in [4.69, 9.17) is 11.6 Å². The van der Waals surface area contributed by atoms with Gasteiger partial charge in [-0.1, -0.05) is 41.9 Å². The van der Waals surface area contributed by atoms with Gasteiger partial charge in [-0.2, -0.15) is 0 Å². The van der Waals surface area contributed by atoms with Crippen LogP contribution in [0.1, 0.15) is 11.1 Å². The van der Waals surface area contributed by atoms with Crippen LogP contribution in [0, 0.1) is 13.8 Å². The second kappa shape index (κ2) is 5.34. The van der Waals surface area contributed by atoms with Crippen molar-refractivity contribution in [2.24, 2.45) is 0 Å². The van der Waals surface area contributed by atoms with Gasteiger partial charge in [0.15, 0.2) is 11.0 Å². The Labute approximate surface area is 129 Å². The lowest BCUT2D eigenvalue weighted by molar-refractivity contribution is 1.00. The van der Waals surface area contributed by atoms with Crippen LogP contribution in [0.2, 0.25) is 5.15 Å². The van der Waals surface area contributed by atoms with Gasteiger partial charge in [-0.3, -0.25) is 0 Å². The average Bonchev–Trinajstić information content (AvgIpc) is 2.46. The lowest BCUT2D eigenvalue weighted by Crippen LogP contribution is -2.13. The van der Waals surface area contributed by atoms with E-state index >= 15 is 0 Å². The molecule has 0 saturated carbocycles. The Morgan fingerprint density at radius 1 is 0.905 bits per heavy atom. The predicted octanol–water partition coefficient (Wildman–Crippen LogP) is 4.67. The molecule has 106 valence electrons. The summed E-state index contributed by atoms with van der Waals surface area (Å²) in [5.41, 5.74) is 3.54. The molecule has 3 nitrogen and oxygen atoms in total. The molecule has 0 bridgehead atoms. The summed E-state index contributed by atoms with van der Waals surface area (Å²) in [5, 5.41) is 10.7. The number of anilines is 2. The van der Waals surface area contributed by atoms with Crippen molar-refractivity contribution >= 4 is 33.9 Å². The molecular weight excluding hydrogens is 282 g/mol. The van der Waals surface area contributed by atoms with Gasteiger partial charge in [0.05, 0.1) is 0 Å². The Morgan fingerprint density at radius 3 is 2.19 bits per heavy atom. The SMILES string of the molecule is Cc1cc(C)cc(N(C)c2nnc(Cl)c3ccccc23)c1. The fourth-order valence-corrected chi connectivity index (χ4v) is 2.77. The Hall–Kier alpha value is -2.13. The predicted molar refractivity (Wildman–Crippen MR) is 88.5 cm³/mol. The number of fused-ring (bicyclic) bond motifs is 1. The minimum atomic E-state index is 0.433. The van der Waals surface area contributed by atoms with Crippen molar-refractivity contribution in [3.05, 3.63) is 58.7 Å². The van der Waals surface area contributed by atoms with Crippen molar-refractivity contribution in [2.75, 3.05) is 11.9 Å². The number of aromatic nitrogens is 2. The van der Waals surface area contributed by atoms with Crippen LogP contribution < -0.4 is 4.90 Å². The first-order valence-electron chi connectivity index (χ1n) is 6.79. The zero-order valence-corrected chi connectivity index (χ0v) is 13.0. The lowest BCUT2D eigenvalue weighted by Gasteiger charge is -2.20. The fourth-order valence-electron chi connectivity index (χ4n) is 2.57. The van der Waals surface area contributed by atoms with Gasteiger partial charge < -0.3 is 4.90 Å². The summed E-state index contributed by atoms with van der Waals surface area (Å²) < 4.78 is 0. The zero-order valence-electron chi connectivity index (χ0n) is 12.3. The molecule has 1 heterocycles. The van der Waals surface area contributed by atoms with E-state index < -0.39 is 0 Å². The Kier molecular flexibility index (Phi) is 3.52. The zero-order chi connectivity index (χ0) is 15.0. The van der Waals surface area contributed by atoms with Crippen LogP contribution in [0.5, 0.6) is 0 Å². The van der Waals surface area contributed by atoms with Crippen LogP contribution in [0.25, 0.3) is 10.8 Å². The van der Waals surface area contributed by atoms with E-state index in [9.17, 15) is 0 Å². The molecule has 21 heavy (non-hydrogen) atoms. The van der Waals surface area contributed by atoms with Gasteiger partial charge in [0.25, 0.3) is 0 Å². The maximum absolute atomic E-state index is 6.14. The third-order valence-electron chi connectivity index (χ3n) is 3.53. The summed E-state index contributed by atoms with van der Waals surface area (Å²) in [6.07, 6.45) is 0. The summed E-state index contributed by atoms with van der Waals surface area (Å²) in [6.45, 7) is 4.19. The number of rotatable bonds is 2. The number of hydrogen-bond acceptors (Lipinski definition) is 3. The van der Waals surface area contributed by atoms with Crippen LogP contribution in [0.3, 0.4) is 0 Å². The number of aryl methyl sites for hydroxylation is 2. The van der Waals surface area contributed by atoms with Gasteiger partial charge in [-0.05, 0) is 37.1 Å². The van der Waals surface area contributed by atoms with Crippen LogP contribution in [-0.4, -0.2) is 17.2 Å². The van der Waals surface area contributed by atoms with Gasteiger partial charge in [-0.25, -0.2) is 0 Å². The summed E-state index contributed by atoms with van der Waals surface area (Å²) in [4.78, 5) is 2.05. The van der Waals surface area contributed by atoms with Crippen LogP contribution in [-0.2, 0) is 0 Å². The summed E-state index contributed by atoms with van der Waals surface area (Å²) in [5.74, 6) is 0.806. The largest absolute Gasteiger partial charge is 0.327 e. The number of nitrogens with zero attached hydrogens (tertiary/aromatic N) is 3. The van der Waals surface area contributed by atoms with Crippen molar-refractivity contribution in [1.29, 1.82) is 0 Å². The van der Waals surface area contributed by atoms with E-state index in [-0.39, 0.29) is 0 Å². The highest BCUT2D eigenvalue weighted by Gasteiger charge is 2.13. The molecule has 3 rings (SSSR count). The Balaban J connectivity index is 2.18. The molecule has 0 aliphatic carbocycles. The molecule has 0 fully saturated rings. The third-order valence-corrected chi connectivity index (χ3v) is 3.81. The Bertz CT molecular complexity index is 794. The van der Waals surface area contributed by atoms with Crippen LogP contribution in [0.4, 0.5) is 11.5 Å². The fraction of sp³-hybridized carbons (Fsp3) is 0.176. The van der Waals surface area contributed by atoms with E-state index in [2.05, 4.69) is 42.2 Å². The minimum Gasteiger partial charge on any atom is -0.327 e. The van der Waals surface area contributed by atoms with Gasteiger partial charge in [0.1, 0.15) is 0 Å². The molecule has 0 atom stereocenters. The molecule has 4 heteroatoms. The highest BCUT2D eigenvalue weighted by atomic mass is 35.5. The molecular formula is C17H16ClN3. The van der Waals surface area contributed by atoms with Gasteiger partial charge >= 0.3 is 0 Å². The van der Waals surface area contributed by atoms with E-state index in [1.54, 1.807) is 0 Å². The smallest absolute Gasteiger partial charge is 0.163 e. The summed E-state index contributed by atoms with van der Waals surface area (Å²) in [6, 6.07) is 14.4. The first-order chi connectivity index (χ1) is 10.1. The lowest BCUT2D eigenvalue weighted by atomic mass is 10.1. The monoisotopic (exact) mass is 297 g/mol. The maximum Gasteiger partial charge on any atom is 0.163 e. The standard InChI is InChI=1S/C17H16ClN3/c1-11-8-12(2)10-13(9-11)21(3)17-15-7-5-4-6-14(15)16(18)19-20-17/h4-10H,1-3H3. The van der Waals surface area contributed by atoms with Crippen molar-refractivity contribution in [2.45, 2.75) is 13.8 Å². The molecule has 0 N–H and O–H groups in total. The van der Waals surface area contributed by atoms with Crippen molar-refractivity contribution in [3.8, 4) is 0 Å². The topological polar surface area (TPSA) is 29.0 Å². The molecule has 0 saturated heterocycles. The molecule has 3 aromatic rings. The average molecular weight is 298 g/mol. The quantitative estimate of drug-likeness (QED) is 0.688. The second-order valence-electron chi connectivity index (χ2n) is 5.26. The molecule has 0 spiro atoms. The molecule has 0 aliphatic heterocycles. The van der Waals surface area contributed by atoms with Crippen LogP contribution in [0.15, 0.2) is 42.5 Å². The van der Waals surface area contributed by atoms with E-state index in [0.717, 1.165) is 22.3 Å². The summed E-state index contributed by atoms with van der Waals surface area (Å²) in [7, 11) is 2.00. The molecule has 0 unspecified atom stereocenters. The van der Waals surface area contributed by atoms with Crippen molar-refractivity contribution in [3.63, 3.8) is 0 Å². The molecule has 2 aromatic carbocycles. The minimum absolute atomic E-state index is 0.433. The first kappa shape index (κ1) is 13.8. The first-order valence-corrected chi connectivity index (χ1v) is 7.17. The van der Waals surface area contributed by atoms with Gasteiger partial charge in [0.2, 0.25) is 0 Å². The van der Waals surface area contributed by atoms with E-state index in [1.165, 1.54) is 11.1 Å². The number of halogens is 1. The highest BCUT2D eigenvalue weighted by Crippen LogP contribution is 2.31. The van der Waals surface area contributed by atoms with E-state index in [1.807, 2.05) is 36.2 Å². The highest BCUT2D eigenvalue weighted by molar-refractivity contribution is 6.34. The number of benzene rings is 2. The third kappa shape index (κ3) is 2.57. The van der Waals surface area contributed by atoms with Gasteiger partial charge in [-0.15, -0.1) is 10.2 Å². The van der Waals surface area contributed by atoms with E-state index in [0.29, 0.717) is 5.15 Å². The molecule has 0 radical (unpaired) electrons. The normalized spacial score (nSPS) is 10.9. The van der Waals surface area contributed by atoms with Gasteiger partial charge in [0, 0.05) is 23.5 Å². The maximum atomic E-state index is 6.14. The van der Waals surface area contributed by atoms with Crippen molar-refractivity contribution < 1.29 is 0 Å².